The van der Waals surface area contributed by atoms with Gasteiger partial charge in [-0.25, -0.2) is 0 Å². The fourth-order valence-electron chi connectivity index (χ4n) is 1.45. The predicted octanol–water partition coefficient (Wildman–Crippen LogP) is 4.02. The molecule has 0 bridgehead atoms. The van der Waals surface area contributed by atoms with Gasteiger partial charge in [-0.15, -0.1) is 0 Å². The summed E-state index contributed by atoms with van der Waals surface area (Å²) in [4.78, 5) is 0. The number of rotatable bonds is 1. The summed E-state index contributed by atoms with van der Waals surface area (Å²) in [6.07, 6.45) is 1.16. The Bertz CT molecular complexity index is 266. The number of aryl methyl sites for hydroxylation is 1. The third kappa shape index (κ3) is 2.50. The molecule has 1 aliphatic rings. The molecule has 0 atom stereocenters. The Hall–Kier alpha value is -0.430. The zero-order valence-electron chi connectivity index (χ0n) is 8.76. The molecule has 72 valence electrons. The number of thioether (sulfide) groups is 1. The minimum atomic E-state index is 1.16. The van der Waals surface area contributed by atoms with E-state index in [1.165, 1.54) is 17.1 Å². The van der Waals surface area contributed by atoms with E-state index >= 15 is 0 Å². The zero-order chi connectivity index (χ0) is 9.68. The van der Waals surface area contributed by atoms with Crippen LogP contribution in [-0.2, 0) is 17.9 Å². The summed E-state index contributed by atoms with van der Waals surface area (Å²) >= 11 is 2.02. The standard InChI is InChI=1S/C10H12S.C2H6/c1-2-8-3-4-9-6-11-7-10(9)5-8;1-2/h3-5H,2,6-7H2,1H3;1-2H3. The number of hydrogen-bond donors (Lipinski definition) is 0. The first kappa shape index (κ1) is 10.6. The molecule has 1 heterocycles. The van der Waals surface area contributed by atoms with Crippen molar-refractivity contribution in [2.24, 2.45) is 0 Å². The van der Waals surface area contributed by atoms with Gasteiger partial charge >= 0.3 is 0 Å². The van der Waals surface area contributed by atoms with E-state index in [0.29, 0.717) is 0 Å². The lowest BCUT2D eigenvalue weighted by atomic mass is 10.1. The quantitative estimate of drug-likeness (QED) is 0.650. The fraction of sp³-hybridized carbons (Fsp3) is 0.500. The van der Waals surface area contributed by atoms with Crippen molar-refractivity contribution >= 4 is 11.8 Å². The van der Waals surface area contributed by atoms with Crippen LogP contribution in [0, 0.1) is 0 Å². The first-order chi connectivity index (χ1) is 6.40. The van der Waals surface area contributed by atoms with Crippen molar-refractivity contribution in [2.45, 2.75) is 38.7 Å². The second kappa shape index (κ2) is 5.33. The number of benzene rings is 1. The molecule has 1 heteroatoms. The molecule has 13 heavy (non-hydrogen) atoms. The Kier molecular flexibility index (Phi) is 4.37. The normalized spacial score (nSPS) is 13.2. The maximum atomic E-state index is 2.36. The zero-order valence-corrected chi connectivity index (χ0v) is 9.58. The summed E-state index contributed by atoms with van der Waals surface area (Å²) in [6, 6.07) is 6.90. The highest BCUT2D eigenvalue weighted by atomic mass is 32.2. The molecule has 2 rings (SSSR count). The Morgan fingerprint density at radius 2 is 1.85 bits per heavy atom. The molecule has 0 radical (unpaired) electrons. The van der Waals surface area contributed by atoms with Gasteiger partial charge in [0, 0.05) is 11.5 Å². The third-order valence-electron chi connectivity index (χ3n) is 2.19. The van der Waals surface area contributed by atoms with Crippen molar-refractivity contribution in [1.29, 1.82) is 0 Å². The van der Waals surface area contributed by atoms with Gasteiger partial charge in [-0.05, 0) is 23.1 Å². The maximum absolute atomic E-state index is 2.36. The van der Waals surface area contributed by atoms with Gasteiger partial charge in [-0.2, -0.15) is 11.8 Å². The summed E-state index contributed by atoms with van der Waals surface area (Å²) in [5.41, 5.74) is 4.59. The first-order valence-corrected chi connectivity index (χ1v) is 6.24. The summed E-state index contributed by atoms with van der Waals surface area (Å²) in [7, 11) is 0. The van der Waals surface area contributed by atoms with Gasteiger partial charge in [0.2, 0.25) is 0 Å². The van der Waals surface area contributed by atoms with Crippen LogP contribution in [0.25, 0.3) is 0 Å². The molecule has 0 unspecified atom stereocenters. The van der Waals surface area contributed by atoms with Crippen LogP contribution < -0.4 is 0 Å². The summed E-state index contributed by atoms with van der Waals surface area (Å²) < 4.78 is 0. The molecule has 0 saturated carbocycles. The van der Waals surface area contributed by atoms with Crippen LogP contribution >= 0.6 is 11.8 Å². The second-order valence-electron chi connectivity index (χ2n) is 2.95. The Balaban J connectivity index is 0.000000396. The highest BCUT2D eigenvalue weighted by Crippen LogP contribution is 2.30. The van der Waals surface area contributed by atoms with E-state index in [1.54, 1.807) is 11.1 Å². The topological polar surface area (TPSA) is 0 Å². The van der Waals surface area contributed by atoms with Crippen molar-refractivity contribution in [2.75, 3.05) is 0 Å². The third-order valence-corrected chi connectivity index (χ3v) is 3.22. The van der Waals surface area contributed by atoms with E-state index in [2.05, 4.69) is 25.1 Å². The molecule has 0 saturated heterocycles. The minimum Gasteiger partial charge on any atom is -0.152 e. The Labute approximate surface area is 85.7 Å². The van der Waals surface area contributed by atoms with Crippen LogP contribution in [0.5, 0.6) is 0 Å². The summed E-state index contributed by atoms with van der Waals surface area (Å²) in [5.74, 6) is 2.45. The van der Waals surface area contributed by atoms with Gasteiger partial charge in [0.15, 0.2) is 0 Å². The van der Waals surface area contributed by atoms with E-state index in [1.807, 2.05) is 25.6 Å². The lowest BCUT2D eigenvalue weighted by Gasteiger charge is -2.00. The number of fused-ring (bicyclic) bond motifs is 1. The van der Waals surface area contributed by atoms with Crippen LogP contribution in [0.1, 0.15) is 37.5 Å². The van der Waals surface area contributed by atoms with Crippen LogP contribution in [0.4, 0.5) is 0 Å². The van der Waals surface area contributed by atoms with Crippen molar-refractivity contribution in [3.8, 4) is 0 Å². The molecular weight excluding hydrogens is 176 g/mol. The van der Waals surface area contributed by atoms with Gasteiger partial charge in [0.05, 0.1) is 0 Å². The van der Waals surface area contributed by atoms with Gasteiger partial charge in [-0.1, -0.05) is 39.0 Å². The molecule has 0 amide bonds. The molecular formula is C12H18S. The van der Waals surface area contributed by atoms with E-state index in [4.69, 9.17) is 0 Å². The first-order valence-electron chi connectivity index (χ1n) is 5.08. The van der Waals surface area contributed by atoms with Gasteiger partial charge in [-0.3, -0.25) is 0 Å². The van der Waals surface area contributed by atoms with Crippen molar-refractivity contribution < 1.29 is 0 Å². The van der Waals surface area contributed by atoms with Crippen LogP contribution in [0.2, 0.25) is 0 Å². The molecule has 1 aromatic rings. The molecule has 0 spiro atoms. The van der Waals surface area contributed by atoms with Gasteiger partial charge < -0.3 is 0 Å². The lowest BCUT2D eigenvalue weighted by Crippen LogP contribution is -1.85. The largest absolute Gasteiger partial charge is 0.152 e. The van der Waals surface area contributed by atoms with Crippen LogP contribution in [0.15, 0.2) is 18.2 Å². The SMILES string of the molecule is CC.CCc1ccc2c(c1)CSC2. The molecule has 0 nitrogen and oxygen atoms in total. The van der Waals surface area contributed by atoms with Gasteiger partial charge in [0.25, 0.3) is 0 Å². The average molecular weight is 194 g/mol. The monoisotopic (exact) mass is 194 g/mol. The van der Waals surface area contributed by atoms with E-state index in [-0.39, 0.29) is 0 Å². The van der Waals surface area contributed by atoms with E-state index < -0.39 is 0 Å². The highest BCUT2D eigenvalue weighted by Gasteiger charge is 2.09. The summed E-state index contributed by atoms with van der Waals surface area (Å²) in [5, 5.41) is 0. The minimum absolute atomic E-state index is 1.16. The Morgan fingerprint density at radius 3 is 2.54 bits per heavy atom. The van der Waals surface area contributed by atoms with Crippen molar-refractivity contribution in [3.05, 3.63) is 34.9 Å². The maximum Gasteiger partial charge on any atom is 0.0191 e. The van der Waals surface area contributed by atoms with Crippen LogP contribution in [0.3, 0.4) is 0 Å². The summed E-state index contributed by atoms with van der Waals surface area (Å²) in [6.45, 7) is 6.21. The van der Waals surface area contributed by atoms with E-state index in [9.17, 15) is 0 Å². The highest BCUT2D eigenvalue weighted by molar-refractivity contribution is 7.98. The van der Waals surface area contributed by atoms with Crippen molar-refractivity contribution in [1.82, 2.24) is 0 Å². The molecule has 0 fully saturated rings. The van der Waals surface area contributed by atoms with E-state index in [0.717, 1.165) is 6.42 Å². The number of hydrogen-bond acceptors (Lipinski definition) is 1. The predicted molar refractivity (Wildman–Crippen MR) is 62.2 cm³/mol. The van der Waals surface area contributed by atoms with Gasteiger partial charge in [0.1, 0.15) is 0 Å². The molecule has 0 N–H and O–H groups in total. The smallest absolute Gasteiger partial charge is 0.0191 e. The lowest BCUT2D eigenvalue weighted by molar-refractivity contribution is 1.12. The molecule has 1 aliphatic heterocycles. The fourth-order valence-corrected chi connectivity index (χ4v) is 2.54. The molecule has 0 aromatic heterocycles. The molecule has 0 aliphatic carbocycles. The van der Waals surface area contributed by atoms with Crippen LogP contribution in [-0.4, -0.2) is 0 Å². The Morgan fingerprint density at radius 1 is 1.15 bits per heavy atom. The van der Waals surface area contributed by atoms with Crippen molar-refractivity contribution in [3.63, 3.8) is 0 Å². The molecule has 1 aromatic carbocycles. The average Bonchev–Trinajstić information content (AvgIpc) is 2.67. The second-order valence-corrected chi connectivity index (χ2v) is 3.94.